The van der Waals surface area contributed by atoms with Crippen molar-refractivity contribution in [3.8, 4) is 6.07 Å². The quantitative estimate of drug-likeness (QED) is 0.574. The Kier molecular flexibility index (Phi) is 8.09. The van der Waals surface area contributed by atoms with Gasteiger partial charge >= 0.3 is 0 Å². The predicted molar refractivity (Wildman–Crippen MR) is 50.9 cm³/mol. The van der Waals surface area contributed by atoms with Gasteiger partial charge in [-0.3, -0.25) is 0 Å². The molecular formula is C9H19N3. The number of rotatable bonds is 7. The van der Waals surface area contributed by atoms with Crippen molar-refractivity contribution in [1.29, 1.82) is 5.26 Å². The van der Waals surface area contributed by atoms with E-state index in [1.54, 1.807) is 0 Å². The minimum absolute atomic E-state index is 0.694. The molecule has 0 bridgehead atoms. The van der Waals surface area contributed by atoms with Gasteiger partial charge in [-0.05, 0) is 33.5 Å². The Labute approximate surface area is 75.4 Å². The van der Waals surface area contributed by atoms with Gasteiger partial charge in [0.15, 0.2) is 0 Å². The molecule has 0 aliphatic rings. The lowest BCUT2D eigenvalue weighted by molar-refractivity contribution is 0.328. The van der Waals surface area contributed by atoms with Crippen molar-refractivity contribution < 1.29 is 0 Å². The number of likely N-dealkylation sites (N-methyl/N-ethyl adjacent to an activating group) is 2. The maximum absolute atomic E-state index is 8.30. The van der Waals surface area contributed by atoms with Gasteiger partial charge in [0.05, 0.1) is 6.07 Å². The summed E-state index contributed by atoms with van der Waals surface area (Å²) in [5, 5.41) is 11.4. The van der Waals surface area contributed by atoms with Gasteiger partial charge in [-0.1, -0.05) is 0 Å². The second-order valence-corrected chi connectivity index (χ2v) is 3.02. The zero-order chi connectivity index (χ0) is 9.23. The minimum Gasteiger partial charge on any atom is -0.318 e. The van der Waals surface area contributed by atoms with Crippen LogP contribution in [0.15, 0.2) is 0 Å². The largest absolute Gasteiger partial charge is 0.318 e. The highest BCUT2D eigenvalue weighted by atomic mass is 15.1. The van der Waals surface area contributed by atoms with E-state index in [0.29, 0.717) is 6.42 Å². The van der Waals surface area contributed by atoms with Gasteiger partial charge in [0, 0.05) is 19.5 Å². The average molecular weight is 169 g/mol. The maximum atomic E-state index is 8.30. The van der Waals surface area contributed by atoms with E-state index >= 15 is 0 Å². The number of hydrogen-bond donors (Lipinski definition) is 1. The van der Waals surface area contributed by atoms with E-state index < -0.39 is 0 Å². The Morgan fingerprint density at radius 2 is 2.08 bits per heavy atom. The summed E-state index contributed by atoms with van der Waals surface area (Å²) in [5.41, 5.74) is 0. The molecule has 0 rings (SSSR count). The highest BCUT2D eigenvalue weighted by molar-refractivity contribution is 4.68. The van der Waals surface area contributed by atoms with E-state index in [1.165, 1.54) is 0 Å². The molecule has 0 radical (unpaired) electrons. The SMILES string of the molecule is CNCCN(C)CCCCC#N. The maximum Gasteiger partial charge on any atom is 0.0621 e. The fraction of sp³-hybridized carbons (Fsp3) is 0.889. The van der Waals surface area contributed by atoms with Crippen LogP contribution in [0.3, 0.4) is 0 Å². The molecule has 12 heavy (non-hydrogen) atoms. The molecule has 0 aromatic rings. The van der Waals surface area contributed by atoms with Gasteiger partial charge in [0.1, 0.15) is 0 Å². The standard InChI is InChI=1S/C9H19N3/c1-11-7-9-12(2)8-5-3-4-6-10/h11H,3-5,7-9H2,1-2H3. The minimum atomic E-state index is 0.694. The van der Waals surface area contributed by atoms with Gasteiger partial charge in [-0.25, -0.2) is 0 Å². The molecule has 0 saturated carbocycles. The van der Waals surface area contributed by atoms with E-state index in [1.807, 2.05) is 7.05 Å². The molecule has 0 aliphatic carbocycles. The van der Waals surface area contributed by atoms with Crippen LogP contribution in [0.2, 0.25) is 0 Å². The molecule has 0 atom stereocenters. The summed E-state index contributed by atoms with van der Waals surface area (Å²) in [7, 11) is 4.08. The molecule has 0 fully saturated rings. The van der Waals surface area contributed by atoms with E-state index in [9.17, 15) is 0 Å². The molecular weight excluding hydrogens is 150 g/mol. The fourth-order valence-corrected chi connectivity index (χ4v) is 1.00. The van der Waals surface area contributed by atoms with E-state index in [4.69, 9.17) is 5.26 Å². The van der Waals surface area contributed by atoms with Gasteiger partial charge in [-0.15, -0.1) is 0 Å². The third-order valence-corrected chi connectivity index (χ3v) is 1.82. The summed E-state index contributed by atoms with van der Waals surface area (Å²) in [5.74, 6) is 0. The number of unbranched alkanes of at least 4 members (excludes halogenated alkanes) is 2. The molecule has 0 unspecified atom stereocenters. The fourth-order valence-electron chi connectivity index (χ4n) is 1.00. The van der Waals surface area contributed by atoms with E-state index in [0.717, 1.165) is 32.5 Å². The zero-order valence-electron chi connectivity index (χ0n) is 8.14. The van der Waals surface area contributed by atoms with Crippen LogP contribution in [0.1, 0.15) is 19.3 Å². The summed E-state index contributed by atoms with van der Waals surface area (Å²) in [4.78, 5) is 2.29. The first kappa shape index (κ1) is 11.4. The highest BCUT2D eigenvalue weighted by Crippen LogP contribution is 1.95. The third-order valence-electron chi connectivity index (χ3n) is 1.82. The summed E-state index contributed by atoms with van der Waals surface area (Å²) in [6.45, 7) is 3.22. The first-order valence-corrected chi connectivity index (χ1v) is 4.51. The molecule has 0 heterocycles. The Balaban J connectivity index is 3.09. The van der Waals surface area contributed by atoms with Crippen molar-refractivity contribution >= 4 is 0 Å². The topological polar surface area (TPSA) is 39.1 Å². The number of hydrogen-bond acceptors (Lipinski definition) is 3. The smallest absolute Gasteiger partial charge is 0.0621 e. The van der Waals surface area contributed by atoms with E-state index in [-0.39, 0.29) is 0 Å². The van der Waals surface area contributed by atoms with Gasteiger partial charge in [0.2, 0.25) is 0 Å². The van der Waals surface area contributed by atoms with Crippen molar-refractivity contribution in [3.05, 3.63) is 0 Å². The number of nitrogens with one attached hydrogen (secondary N) is 1. The first-order valence-electron chi connectivity index (χ1n) is 4.51. The lowest BCUT2D eigenvalue weighted by atomic mass is 10.2. The highest BCUT2D eigenvalue weighted by Gasteiger charge is 1.95. The van der Waals surface area contributed by atoms with Crippen LogP contribution in [-0.2, 0) is 0 Å². The first-order chi connectivity index (χ1) is 5.81. The van der Waals surface area contributed by atoms with Gasteiger partial charge in [-0.2, -0.15) is 5.26 Å². The van der Waals surface area contributed by atoms with Crippen molar-refractivity contribution in [3.63, 3.8) is 0 Å². The second-order valence-electron chi connectivity index (χ2n) is 3.02. The molecule has 0 aromatic carbocycles. The van der Waals surface area contributed by atoms with Crippen molar-refractivity contribution in [1.82, 2.24) is 10.2 Å². The Morgan fingerprint density at radius 3 is 2.67 bits per heavy atom. The average Bonchev–Trinajstić information content (AvgIpc) is 2.09. The molecule has 0 spiro atoms. The van der Waals surface area contributed by atoms with Crippen molar-refractivity contribution in [2.24, 2.45) is 0 Å². The lowest BCUT2D eigenvalue weighted by Crippen LogP contribution is -2.28. The lowest BCUT2D eigenvalue weighted by Gasteiger charge is -2.15. The molecule has 0 saturated heterocycles. The van der Waals surface area contributed by atoms with Gasteiger partial charge < -0.3 is 10.2 Å². The zero-order valence-corrected chi connectivity index (χ0v) is 8.14. The molecule has 0 aliphatic heterocycles. The second kappa shape index (κ2) is 8.51. The molecule has 3 heteroatoms. The Bertz CT molecular complexity index is 128. The van der Waals surface area contributed by atoms with Crippen LogP contribution >= 0.6 is 0 Å². The molecule has 1 N–H and O–H groups in total. The molecule has 0 amide bonds. The van der Waals surface area contributed by atoms with Gasteiger partial charge in [0.25, 0.3) is 0 Å². The predicted octanol–water partition coefficient (Wildman–Crippen LogP) is 0.831. The van der Waals surface area contributed by atoms with Crippen LogP contribution in [0.5, 0.6) is 0 Å². The van der Waals surface area contributed by atoms with Crippen LogP contribution in [-0.4, -0.2) is 38.6 Å². The van der Waals surface area contributed by atoms with Crippen LogP contribution < -0.4 is 5.32 Å². The Hall–Kier alpha value is -0.590. The summed E-state index contributed by atoms with van der Waals surface area (Å²) in [6.07, 6.45) is 2.86. The van der Waals surface area contributed by atoms with Crippen LogP contribution in [0, 0.1) is 11.3 Å². The monoisotopic (exact) mass is 169 g/mol. The van der Waals surface area contributed by atoms with E-state index in [2.05, 4.69) is 23.3 Å². The number of nitriles is 1. The number of nitrogens with zero attached hydrogens (tertiary/aromatic N) is 2. The normalized spacial score (nSPS) is 10.2. The summed E-state index contributed by atoms with van der Waals surface area (Å²) >= 11 is 0. The summed E-state index contributed by atoms with van der Waals surface area (Å²) < 4.78 is 0. The molecule has 0 aromatic heterocycles. The third kappa shape index (κ3) is 7.52. The summed E-state index contributed by atoms with van der Waals surface area (Å²) in [6, 6.07) is 2.15. The van der Waals surface area contributed by atoms with Crippen molar-refractivity contribution in [2.45, 2.75) is 19.3 Å². The Morgan fingerprint density at radius 1 is 1.33 bits per heavy atom. The van der Waals surface area contributed by atoms with Crippen LogP contribution in [0.4, 0.5) is 0 Å². The van der Waals surface area contributed by atoms with Crippen molar-refractivity contribution in [2.75, 3.05) is 33.7 Å². The van der Waals surface area contributed by atoms with Crippen LogP contribution in [0.25, 0.3) is 0 Å². The molecule has 70 valence electrons. The molecule has 3 nitrogen and oxygen atoms in total.